The molecule has 0 radical (unpaired) electrons. The summed E-state index contributed by atoms with van der Waals surface area (Å²) in [6, 6.07) is 10.4. The maximum Gasteiger partial charge on any atom is 0.269 e. The van der Waals surface area contributed by atoms with E-state index in [0.717, 1.165) is 42.8 Å². The van der Waals surface area contributed by atoms with E-state index in [-0.39, 0.29) is 10.6 Å². The summed E-state index contributed by atoms with van der Waals surface area (Å²) in [4.78, 5) is 24.2. The Balaban J connectivity index is 1.29. The van der Waals surface area contributed by atoms with Gasteiger partial charge in [-0.2, -0.15) is 0 Å². The molecule has 2 aliphatic rings. The lowest BCUT2D eigenvalue weighted by molar-refractivity contribution is -0.384. The lowest BCUT2D eigenvalue weighted by Gasteiger charge is -2.36. The Labute approximate surface area is 202 Å². The molecule has 1 aromatic heterocycles. The zero-order chi connectivity index (χ0) is 24.0. The number of rotatable bonds is 3. The Hall–Kier alpha value is -3.70. The van der Waals surface area contributed by atoms with Crippen molar-refractivity contribution in [3.63, 3.8) is 0 Å². The number of non-ortho nitro benzene ring substituents is 1. The largest absolute Gasteiger partial charge is 0.487 e. The molecule has 0 spiro atoms. The number of nitro benzene ring substituents is 1. The van der Waals surface area contributed by atoms with Gasteiger partial charge in [-0.25, -0.2) is 9.97 Å². The minimum atomic E-state index is -0.385. The highest BCUT2D eigenvalue weighted by atomic mass is 16.6. The number of nitrogens with zero attached hydrogens (tertiary/aromatic N) is 5. The molecule has 35 heavy (non-hydrogen) atoms. The summed E-state index contributed by atoms with van der Waals surface area (Å²) in [5, 5.41) is 11.8. The molecule has 184 valence electrons. The number of nitro groups is 1. The van der Waals surface area contributed by atoms with E-state index in [0.29, 0.717) is 57.1 Å². The standard InChI is InChI=1S/C24H27N5O6/c30-29(31)20-3-1-19(2-4-20)27-5-7-28(8-6-27)24-25-17-18-15-22-23(16-21(18)26-24)35-14-12-33-10-9-32-11-13-34-22/h1-4,15-17H,5-14H2. The topological polar surface area (TPSA) is 112 Å². The third-order valence-electron chi connectivity index (χ3n) is 5.96. The smallest absolute Gasteiger partial charge is 0.269 e. The third kappa shape index (κ3) is 5.52. The van der Waals surface area contributed by atoms with Crippen molar-refractivity contribution >= 4 is 28.2 Å². The Morgan fingerprint density at radius 2 is 1.40 bits per heavy atom. The van der Waals surface area contributed by atoms with Crippen LogP contribution in [0.3, 0.4) is 0 Å². The molecule has 0 N–H and O–H groups in total. The first kappa shape index (κ1) is 23.1. The summed E-state index contributed by atoms with van der Waals surface area (Å²) in [5.41, 5.74) is 1.84. The van der Waals surface area contributed by atoms with Crippen LogP contribution in [-0.4, -0.2) is 80.7 Å². The summed E-state index contributed by atoms with van der Waals surface area (Å²) in [6.07, 6.45) is 1.81. The molecule has 0 atom stereocenters. The van der Waals surface area contributed by atoms with E-state index in [4.69, 9.17) is 23.9 Å². The fraction of sp³-hybridized carbons (Fsp3) is 0.417. The quantitative estimate of drug-likeness (QED) is 0.409. The van der Waals surface area contributed by atoms with Crippen LogP contribution in [0.1, 0.15) is 0 Å². The van der Waals surface area contributed by atoms with E-state index < -0.39 is 0 Å². The van der Waals surface area contributed by atoms with Crippen molar-refractivity contribution in [2.24, 2.45) is 0 Å². The number of piperazine rings is 1. The van der Waals surface area contributed by atoms with E-state index in [1.54, 1.807) is 18.3 Å². The average molecular weight is 482 g/mol. The van der Waals surface area contributed by atoms with Gasteiger partial charge in [-0.1, -0.05) is 0 Å². The van der Waals surface area contributed by atoms with Crippen LogP contribution in [0.2, 0.25) is 0 Å². The van der Waals surface area contributed by atoms with Crippen LogP contribution >= 0.6 is 0 Å². The van der Waals surface area contributed by atoms with Gasteiger partial charge in [0.2, 0.25) is 5.95 Å². The van der Waals surface area contributed by atoms with Crippen LogP contribution in [0.25, 0.3) is 10.9 Å². The number of benzene rings is 2. The van der Waals surface area contributed by atoms with Crippen LogP contribution in [0.4, 0.5) is 17.3 Å². The van der Waals surface area contributed by atoms with Gasteiger partial charge in [0.1, 0.15) is 13.2 Å². The molecule has 1 fully saturated rings. The second kappa shape index (κ2) is 10.7. The number of fused-ring (bicyclic) bond motifs is 2. The number of ether oxygens (including phenoxy) is 4. The van der Waals surface area contributed by atoms with E-state index in [1.165, 1.54) is 12.1 Å². The van der Waals surface area contributed by atoms with Gasteiger partial charge in [-0.15, -0.1) is 0 Å². The number of hydrogen-bond acceptors (Lipinski definition) is 10. The highest BCUT2D eigenvalue weighted by Gasteiger charge is 2.21. The Kier molecular flexibility index (Phi) is 7.05. The van der Waals surface area contributed by atoms with Crippen LogP contribution in [-0.2, 0) is 9.47 Å². The number of anilines is 2. The monoisotopic (exact) mass is 481 g/mol. The fourth-order valence-electron chi connectivity index (χ4n) is 4.10. The molecule has 3 aromatic rings. The number of hydrogen-bond donors (Lipinski definition) is 0. The Bertz CT molecular complexity index is 1170. The summed E-state index contributed by atoms with van der Waals surface area (Å²) in [7, 11) is 0. The second-order valence-electron chi connectivity index (χ2n) is 8.20. The van der Waals surface area contributed by atoms with Gasteiger partial charge in [0.25, 0.3) is 5.69 Å². The predicted octanol–water partition coefficient (Wildman–Crippen LogP) is 2.67. The highest BCUT2D eigenvalue weighted by molar-refractivity contribution is 5.83. The van der Waals surface area contributed by atoms with Crippen LogP contribution in [0.5, 0.6) is 11.5 Å². The van der Waals surface area contributed by atoms with Crippen molar-refractivity contribution in [3.05, 3.63) is 52.7 Å². The van der Waals surface area contributed by atoms with Gasteiger partial charge in [0, 0.05) is 61.6 Å². The van der Waals surface area contributed by atoms with Crippen molar-refractivity contribution in [2.45, 2.75) is 0 Å². The third-order valence-corrected chi connectivity index (χ3v) is 5.96. The fourth-order valence-corrected chi connectivity index (χ4v) is 4.10. The second-order valence-corrected chi connectivity index (χ2v) is 8.20. The van der Waals surface area contributed by atoms with E-state index in [9.17, 15) is 10.1 Å². The van der Waals surface area contributed by atoms with Gasteiger partial charge < -0.3 is 28.7 Å². The molecule has 3 heterocycles. The van der Waals surface area contributed by atoms with Gasteiger partial charge >= 0.3 is 0 Å². The van der Waals surface area contributed by atoms with Gasteiger partial charge in [0.15, 0.2) is 11.5 Å². The zero-order valence-electron chi connectivity index (χ0n) is 19.3. The minimum Gasteiger partial charge on any atom is -0.487 e. The summed E-state index contributed by atoms with van der Waals surface area (Å²) in [5.74, 6) is 1.91. The predicted molar refractivity (Wildman–Crippen MR) is 130 cm³/mol. The molecule has 0 saturated carbocycles. The number of aromatic nitrogens is 2. The van der Waals surface area contributed by atoms with Crippen molar-refractivity contribution in [1.82, 2.24) is 9.97 Å². The minimum absolute atomic E-state index is 0.0953. The molecule has 0 aliphatic carbocycles. The van der Waals surface area contributed by atoms with Gasteiger partial charge in [0.05, 0.1) is 36.9 Å². The maximum atomic E-state index is 10.9. The lowest BCUT2D eigenvalue weighted by Crippen LogP contribution is -2.47. The van der Waals surface area contributed by atoms with Crippen molar-refractivity contribution in [1.29, 1.82) is 0 Å². The van der Waals surface area contributed by atoms with E-state index >= 15 is 0 Å². The molecular formula is C24H27N5O6. The molecule has 1 saturated heterocycles. The zero-order valence-corrected chi connectivity index (χ0v) is 19.3. The highest BCUT2D eigenvalue weighted by Crippen LogP contribution is 2.33. The van der Waals surface area contributed by atoms with Gasteiger partial charge in [-0.05, 0) is 18.2 Å². The van der Waals surface area contributed by atoms with Crippen molar-refractivity contribution < 1.29 is 23.9 Å². The Morgan fingerprint density at radius 1 is 0.800 bits per heavy atom. The van der Waals surface area contributed by atoms with Crippen molar-refractivity contribution in [3.8, 4) is 11.5 Å². The molecule has 0 unspecified atom stereocenters. The lowest BCUT2D eigenvalue weighted by atomic mass is 10.2. The molecule has 5 rings (SSSR count). The first-order valence-electron chi connectivity index (χ1n) is 11.6. The molecule has 11 heteroatoms. The summed E-state index contributed by atoms with van der Waals surface area (Å²) >= 11 is 0. The summed E-state index contributed by atoms with van der Waals surface area (Å²) in [6.45, 7) is 5.84. The van der Waals surface area contributed by atoms with E-state index in [2.05, 4.69) is 14.8 Å². The first-order valence-corrected chi connectivity index (χ1v) is 11.6. The first-order chi connectivity index (χ1) is 17.2. The molecule has 2 aliphatic heterocycles. The maximum absolute atomic E-state index is 10.9. The van der Waals surface area contributed by atoms with Crippen molar-refractivity contribution in [2.75, 3.05) is 75.6 Å². The molecule has 0 bridgehead atoms. The Morgan fingerprint density at radius 3 is 2.06 bits per heavy atom. The summed E-state index contributed by atoms with van der Waals surface area (Å²) < 4.78 is 22.8. The molecule has 11 nitrogen and oxygen atoms in total. The SMILES string of the molecule is O=[N+]([O-])c1ccc(N2CCN(c3ncc4cc5c(cc4n3)OCCOCCOCCO5)CC2)cc1. The normalized spacial score (nSPS) is 17.5. The van der Waals surface area contributed by atoms with Crippen LogP contribution < -0.4 is 19.3 Å². The molecule has 2 aromatic carbocycles. The van der Waals surface area contributed by atoms with Gasteiger partial charge in [-0.3, -0.25) is 10.1 Å². The van der Waals surface area contributed by atoms with Crippen LogP contribution in [0.15, 0.2) is 42.6 Å². The average Bonchev–Trinajstić information content (AvgIpc) is 2.88. The van der Waals surface area contributed by atoms with E-state index in [1.807, 2.05) is 12.1 Å². The van der Waals surface area contributed by atoms with Crippen LogP contribution in [0, 0.1) is 10.1 Å². The molecule has 0 amide bonds. The molecular weight excluding hydrogens is 454 g/mol.